The highest BCUT2D eigenvalue weighted by atomic mass is 16.5. The summed E-state index contributed by atoms with van der Waals surface area (Å²) < 4.78 is 4.55. The Hall–Kier alpha value is -0.790. The van der Waals surface area contributed by atoms with E-state index in [0.29, 0.717) is 0 Å². The lowest BCUT2D eigenvalue weighted by atomic mass is 10.1. The Bertz CT molecular complexity index is 118. The highest BCUT2D eigenvalue weighted by Crippen LogP contribution is 2.08. The minimum Gasteiger partial charge on any atom is -0.469 e. The molecule has 0 radical (unpaired) electrons. The molecule has 1 atom stereocenters. The van der Waals surface area contributed by atoms with Crippen molar-refractivity contribution >= 4 is 5.97 Å². The molecule has 0 N–H and O–H groups in total. The van der Waals surface area contributed by atoms with Crippen molar-refractivity contribution in [2.45, 2.75) is 19.8 Å². The van der Waals surface area contributed by atoms with Crippen LogP contribution in [0.25, 0.3) is 0 Å². The third-order valence-corrected chi connectivity index (χ3v) is 1.39. The van der Waals surface area contributed by atoms with Crippen molar-refractivity contribution in [3.63, 3.8) is 0 Å². The number of carbonyl (C=O) groups excluding carboxylic acids is 1. The summed E-state index contributed by atoms with van der Waals surface area (Å²) >= 11 is 0. The topological polar surface area (TPSA) is 26.3 Å². The van der Waals surface area contributed by atoms with E-state index in [0.717, 1.165) is 12.8 Å². The Kier molecular flexibility index (Phi) is 4.63. The number of ether oxygens (including phenoxy) is 1. The van der Waals surface area contributed by atoms with E-state index in [1.54, 1.807) is 6.08 Å². The normalized spacial score (nSPS) is 12.2. The number of methoxy groups -OCH3 is 1. The summed E-state index contributed by atoms with van der Waals surface area (Å²) in [6.45, 7) is 5.58. The predicted molar refractivity (Wildman–Crippen MR) is 40.6 cm³/mol. The molecule has 2 nitrogen and oxygen atoms in total. The van der Waals surface area contributed by atoms with Crippen LogP contribution in [0, 0.1) is 5.92 Å². The Morgan fingerprint density at radius 1 is 1.80 bits per heavy atom. The molecule has 0 aromatic heterocycles. The van der Waals surface area contributed by atoms with E-state index in [-0.39, 0.29) is 11.9 Å². The van der Waals surface area contributed by atoms with Gasteiger partial charge in [-0.1, -0.05) is 19.4 Å². The van der Waals surface area contributed by atoms with Gasteiger partial charge in [0.05, 0.1) is 13.0 Å². The fourth-order valence-electron chi connectivity index (χ4n) is 0.794. The number of rotatable bonds is 4. The molecule has 0 aliphatic heterocycles. The smallest absolute Gasteiger partial charge is 0.312 e. The van der Waals surface area contributed by atoms with Crippen LogP contribution in [0.3, 0.4) is 0 Å². The number of esters is 1. The summed E-state index contributed by atoms with van der Waals surface area (Å²) in [5, 5.41) is 0. The predicted octanol–water partition coefficient (Wildman–Crippen LogP) is 1.76. The van der Waals surface area contributed by atoms with Gasteiger partial charge in [-0.05, 0) is 6.42 Å². The highest BCUT2D eigenvalue weighted by Gasteiger charge is 2.12. The third-order valence-electron chi connectivity index (χ3n) is 1.39. The molecular weight excluding hydrogens is 128 g/mol. The van der Waals surface area contributed by atoms with Crippen molar-refractivity contribution < 1.29 is 9.53 Å². The average molecular weight is 142 g/mol. The van der Waals surface area contributed by atoms with Crippen LogP contribution >= 0.6 is 0 Å². The number of hydrogen-bond donors (Lipinski definition) is 0. The zero-order chi connectivity index (χ0) is 7.98. The first-order valence-electron chi connectivity index (χ1n) is 3.46. The molecule has 0 fully saturated rings. The van der Waals surface area contributed by atoms with Crippen molar-refractivity contribution in [2.75, 3.05) is 7.11 Å². The van der Waals surface area contributed by atoms with E-state index in [2.05, 4.69) is 11.3 Å². The largest absolute Gasteiger partial charge is 0.469 e. The maximum atomic E-state index is 10.8. The molecule has 0 aliphatic carbocycles. The van der Waals surface area contributed by atoms with E-state index in [1.165, 1.54) is 7.11 Å². The van der Waals surface area contributed by atoms with Crippen molar-refractivity contribution in [3.05, 3.63) is 12.7 Å². The Labute approximate surface area is 61.9 Å². The van der Waals surface area contributed by atoms with Crippen LogP contribution in [0.4, 0.5) is 0 Å². The molecule has 0 amide bonds. The van der Waals surface area contributed by atoms with Gasteiger partial charge >= 0.3 is 5.97 Å². The van der Waals surface area contributed by atoms with Gasteiger partial charge in [0.2, 0.25) is 0 Å². The lowest BCUT2D eigenvalue weighted by Crippen LogP contribution is -2.12. The van der Waals surface area contributed by atoms with Crippen molar-refractivity contribution in [1.29, 1.82) is 0 Å². The summed E-state index contributed by atoms with van der Waals surface area (Å²) in [7, 11) is 1.40. The van der Waals surface area contributed by atoms with E-state index in [1.807, 2.05) is 6.92 Å². The van der Waals surface area contributed by atoms with Crippen molar-refractivity contribution in [1.82, 2.24) is 0 Å². The Balaban J connectivity index is 3.80. The highest BCUT2D eigenvalue weighted by molar-refractivity contribution is 5.74. The Morgan fingerprint density at radius 2 is 2.40 bits per heavy atom. The molecule has 1 unspecified atom stereocenters. The molecule has 58 valence electrons. The van der Waals surface area contributed by atoms with Crippen molar-refractivity contribution in [2.24, 2.45) is 5.92 Å². The number of carbonyl (C=O) groups is 1. The van der Waals surface area contributed by atoms with E-state index in [9.17, 15) is 4.79 Å². The SMILES string of the molecule is C=CC(CCC)C(=O)OC. The third kappa shape index (κ3) is 2.67. The Morgan fingerprint density at radius 3 is 2.70 bits per heavy atom. The first-order chi connectivity index (χ1) is 4.76. The van der Waals surface area contributed by atoms with Crippen LogP contribution in [0.1, 0.15) is 19.8 Å². The first-order valence-corrected chi connectivity index (χ1v) is 3.46. The molecule has 0 spiro atoms. The summed E-state index contributed by atoms with van der Waals surface area (Å²) in [5.74, 6) is -0.299. The lowest BCUT2D eigenvalue weighted by molar-refractivity contribution is -0.143. The molecule has 0 aliphatic rings. The van der Waals surface area contributed by atoms with E-state index >= 15 is 0 Å². The molecule has 0 saturated carbocycles. The van der Waals surface area contributed by atoms with E-state index in [4.69, 9.17) is 0 Å². The molecular formula is C8H14O2. The zero-order valence-corrected chi connectivity index (χ0v) is 6.59. The molecule has 0 aromatic rings. The summed E-state index contributed by atoms with van der Waals surface area (Å²) in [5.41, 5.74) is 0. The van der Waals surface area contributed by atoms with Gasteiger partial charge in [0, 0.05) is 0 Å². The van der Waals surface area contributed by atoms with Crippen LogP contribution in [0.2, 0.25) is 0 Å². The standard InChI is InChI=1S/C8H14O2/c1-4-6-7(5-2)8(9)10-3/h5,7H,2,4,6H2,1,3H3. The van der Waals surface area contributed by atoms with Gasteiger partial charge in [-0.15, -0.1) is 6.58 Å². The molecule has 0 bridgehead atoms. The fraction of sp³-hybridized carbons (Fsp3) is 0.625. The summed E-state index contributed by atoms with van der Waals surface area (Å²) in [4.78, 5) is 10.8. The van der Waals surface area contributed by atoms with Crippen LogP contribution in [0.5, 0.6) is 0 Å². The van der Waals surface area contributed by atoms with Crippen LogP contribution in [0.15, 0.2) is 12.7 Å². The molecule has 10 heavy (non-hydrogen) atoms. The lowest BCUT2D eigenvalue weighted by Gasteiger charge is -2.06. The van der Waals surface area contributed by atoms with Gasteiger partial charge in [0.1, 0.15) is 0 Å². The quantitative estimate of drug-likeness (QED) is 0.441. The number of hydrogen-bond acceptors (Lipinski definition) is 2. The van der Waals surface area contributed by atoms with Crippen molar-refractivity contribution in [3.8, 4) is 0 Å². The molecule has 0 saturated heterocycles. The second-order valence-electron chi connectivity index (χ2n) is 2.15. The minimum atomic E-state index is -0.183. The summed E-state index contributed by atoms with van der Waals surface area (Å²) in [6, 6.07) is 0. The average Bonchev–Trinajstić information content (AvgIpc) is 1.99. The van der Waals surface area contributed by atoms with E-state index < -0.39 is 0 Å². The molecule has 0 rings (SSSR count). The second-order valence-corrected chi connectivity index (χ2v) is 2.15. The van der Waals surface area contributed by atoms with Gasteiger partial charge in [-0.3, -0.25) is 4.79 Å². The van der Waals surface area contributed by atoms with Crippen LogP contribution < -0.4 is 0 Å². The monoisotopic (exact) mass is 142 g/mol. The van der Waals surface area contributed by atoms with Gasteiger partial charge in [-0.2, -0.15) is 0 Å². The summed E-state index contributed by atoms with van der Waals surface area (Å²) in [6.07, 6.45) is 3.44. The van der Waals surface area contributed by atoms with Crippen LogP contribution in [-0.4, -0.2) is 13.1 Å². The molecule has 0 heterocycles. The minimum absolute atomic E-state index is 0.116. The van der Waals surface area contributed by atoms with Crippen LogP contribution in [-0.2, 0) is 9.53 Å². The maximum Gasteiger partial charge on any atom is 0.312 e. The molecule has 2 heteroatoms. The maximum absolute atomic E-state index is 10.8. The van der Waals surface area contributed by atoms with Gasteiger partial charge < -0.3 is 4.74 Å². The van der Waals surface area contributed by atoms with Gasteiger partial charge in [0.25, 0.3) is 0 Å². The van der Waals surface area contributed by atoms with Gasteiger partial charge in [-0.25, -0.2) is 0 Å². The van der Waals surface area contributed by atoms with Gasteiger partial charge in [0.15, 0.2) is 0 Å². The zero-order valence-electron chi connectivity index (χ0n) is 6.59. The fourth-order valence-corrected chi connectivity index (χ4v) is 0.794. The first kappa shape index (κ1) is 9.21. The second kappa shape index (κ2) is 5.03. The molecule has 0 aromatic carbocycles.